The Morgan fingerprint density at radius 3 is 3.00 bits per heavy atom. The van der Waals surface area contributed by atoms with Gasteiger partial charge in [-0.05, 0) is 11.8 Å². The van der Waals surface area contributed by atoms with E-state index < -0.39 is 0 Å². The van der Waals surface area contributed by atoms with E-state index in [1.54, 1.807) is 11.3 Å². The van der Waals surface area contributed by atoms with Gasteiger partial charge in [0.1, 0.15) is 0 Å². The first kappa shape index (κ1) is 12.9. The number of hydrogen-bond acceptors (Lipinski definition) is 4. The van der Waals surface area contributed by atoms with Crippen molar-refractivity contribution in [1.29, 1.82) is 0 Å². The van der Waals surface area contributed by atoms with Gasteiger partial charge in [-0.2, -0.15) is 0 Å². The summed E-state index contributed by atoms with van der Waals surface area (Å²) in [5.74, 6) is 1.16. The SMILES string of the molecule is CC(C)(C)C1CCSC(=NCc2cncs2)N1. The highest BCUT2D eigenvalue weighted by atomic mass is 32.2. The maximum absolute atomic E-state index is 4.63. The van der Waals surface area contributed by atoms with Crippen molar-refractivity contribution < 1.29 is 0 Å². The van der Waals surface area contributed by atoms with Crippen LogP contribution >= 0.6 is 23.1 Å². The quantitative estimate of drug-likeness (QED) is 0.896. The molecule has 3 nitrogen and oxygen atoms in total. The summed E-state index contributed by atoms with van der Waals surface area (Å²) < 4.78 is 0. The van der Waals surface area contributed by atoms with Gasteiger partial charge < -0.3 is 5.32 Å². The van der Waals surface area contributed by atoms with E-state index in [-0.39, 0.29) is 0 Å². The van der Waals surface area contributed by atoms with E-state index in [9.17, 15) is 0 Å². The molecule has 0 spiro atoms. The molecule has 2 rings (SSSR count). The second-order valence-corrected chi connectivity index (χ2v) is 7.34. The van der Waals surface area contributed by atoms with Gasteiger partial charge in [0.05, 0.1) is 12.1 Å². The van der Waals surface area contributed by atoms with E-state index in [2.05, 4.69) is 36.1 Å². The number of rotatable bonds is 2. The highest BCUT2D eigenvalue weighted by Crippen LogP contribution is 2.27. The molecule has 17 heavy (non-hydrogen) atoms. The van der Waals surface area contributed by atoms with Gasteiger partial charge >= 0.3 is 0 Å². The predicted molar refractivity (Wildman–Crippen MR) is 76.7 cm³/mol. The summed E-state index contributed by atoms with van der Waals surface area (Å²) in [5.41, 5.74) is 2.15. The molecule has 0 aromatic carbocycles. The van der Waals surface area contributed by atoms with Gasteiger partial charge in [0, 0.05) is 22.9 Å². The molecule has 1 N–H and O–H groups in total. The van der Waals surface area contributed by atoms with Crippen molar-refractivity contribution in [3.63, 3.8) is 0 Å². The number of thiazole rings is 1. The monoisotopic (exact) mass is 269 g/mol. The predicted octanol–water partition coefficient (Wildman–Crippen LogP) is 3.14. The van der Waals surface area contributed by atoms with E-state index in [0.29, 0.717) is 11.5 Å². The van der Waals surface area contributed by atoms with Crippen LogP contribution in [0.25, 0.3) is 0 Å². The third kappa shape index (κ3) is 3.71. The Kier molecular flexibility index (Phi) is 4.09. The van der Waals surface area contributed by atoms with E-state index >= 15 is 0 Å². The molecule has 2 heterocycles. The Labute approximate surface area is 111 Å². The first-order valence-corrected chi connectivity index (χ1v) is 7.73. The summed E-state index contributed by atoms with van der Waals surface area (Å²) in [6, 6.07) is 0.531. The number of amidine groups is 1. The average Bonchev–Trinajstić information content (AvgIpc) is 2.78. The van der Waals surface area contributed by atoms with Gasteiger partial charge in [0.15, 0.2) is 5.17 Å². The number of nitrogens with one attached hydrogen (secondary N) is 1. The van der Waals surface area contributed by atoms with Crippen molar-refractivity contribution in [3.05, 3.63) is 16.6 Å². The lowest BCUT2D eigenvalue weighted by molar-refractivity contribution is 0.290. The zero-order chi connectivity index (χ0) is 12.3. The van der Waals surface area contributed by atoms with Gasteiger partial charge in [-0.25, -0.2) is 0 Å². The number of thioether (sulfide) groups is 1. The maximum Gasteiger partial charge on any atom is 0.157 e. The number of aromatic nitrogens is 1. The van der Waals surface area contributed by atoms with Crippen molar-refractivity contribution in [2.45, 2.75) is 39.8 Å². The van der Waals surface area contributed by atoms with E-state index in [1.807, 2.05) is 23.5 Å². The summed E-state index contributed by atoms with van der Waals surface area (Å²) >= 11 is 3.49. The lowest BCUT2D eigenvalue weighted by Gasteiger charge is -2.35. The fourth-order valence-electron chi connectivity index (χ4n) is 1.75. The largest absolute Gasteiger partial charge is 0.362 e. The molecule has 1 unspecified atom stereocenters. The molecule has 1 aromatic rings. The molecule has 0 bridgehead atoms. The molecule has 0 saturated carbocycles. The Bertz CT molecular complexity index is 379. The fraction of sp³-hybridized carbons (Fsp3) is 0.667. The molecule has 5 heteroatoms. The topological polar surface area (TPSA) is 37.3 Å². The van der Waals surface area contributed by atoms with Crippen LogP contribution in [0, 0.1) is 5.41 Å². The van der Waals surface area contributed by atoms with E-state index in [4.69, 9.17) is 0 Å². The molecule has 0 aliphatic carbocycles. The minimum Gasteiger partial charge on any atom is -0.362 e. The van der Waals surface area contributed by atoms with Crippen molar-refractivity contribution in [2.24, 2.45) is 10.4 Å². The highest BCUT2D eigenvalue weighted by Gasteiger charge is 2.28. The van der Waals surface area contributed by atoms with Gasteiger partial charge in [0.25, 0.3) is 0 Å². The lowest BCUT2D eigenvalue weighted by atomic mass is 9.85. The minimum atomic E-state index is 0.298. The molecule has 1 aromatic heterocycles. The second-order valence-electron chi connectivity index (χ2n) is 5.29. The van der Waals surface area contributed by atoms with Crippen molar-refractivity contribution >= 4 is 28.3 Å². The van der Waals surface area contributed by atoms with E-state index in [1.165, 1.54) is 11.3 Å². The molecule has 0 radical (unpaired) electrons. The van der Waals surface area contributed by atoms with Crippen LogP contribution in [-0.4, -0.2) is 21.9 Å². The Morgan fingerprint density at radius 1 is 1.53 bits per heavy atom. The summed E-state index contributed by atoms with van der Waals surface area (Å²) in [6.45, 7) is 7.58. The first-order chi connectivity index (χ1) is 8.05. The Balaban J connectivity index is 1.95. The van der Waals surface area contributed by atoms with Gasteiger partial charge in [-0.15, -0.1) is 11.3 Å². The van der Waals surface area contributed by atoms with Gasteiger partial charge in [0.2, 0.25) is 0 Å². The standard InChI is InChI=1S/C12H19N3S2/c1-12(2,3)10-4-5-16-11(15-10)14-7-9-6-13-8-17-9/h6,8,10H,4-5,7H2,1-3H3,(H,14,15). The molecule has 1 saturated heterocycles. The fourth-order valence-corrected chi connectivity index (χ4v) is 3.19. The van der Waals surface area contributed by atoms with Crippen LogP contribution in [-0.2, 0) is 6.54 Å². The van der Waals surface area contributed by atoms with Crippen LogP contribution in [0.5, 0.6) is 0 Å². The summed E-state index contributed by atoms with van der Waals surface area (Å²) in [7, 11) is 0. The number of aliphatic imine (C=N–C) groups is 1. The number of nitrogens with zero attached hydrogens (tertiary/aromatic N) is 2. The Hall–Kier alpha value is -0.550. The van der Waals surface area contributed by atoms with Crippen molar-refractivity contribution in [2.75, 3.05) is 5.75 Å². The third-order valence-corrected chi connectivity index (χ3v) is 4.57. The normalized spacial score (nSPS) is 23.7. The van der Waals surface area contributed by atoms with Crippen LogP contribution in [0.15, 0.2) is 16.7 Å². The molecule has 1 aliphatic rings. The van der Waals surface area contributed by atoms with Crippen LogP contribution in [0.4, 0.5) is 0 Å². The molecular formula is C12H19N3S2. The van der Waals surface area contributed by atoms with Gasteiger partial charge in [-0.3, -0.25) is 9.98 Å². The lowest BCUT2D eigenvalue weighted by Crippen LogP contribution is -2.46. The van der Waals surface area contributed by atoms with Crippen LogP contribution in [0.3, 0.4) is 0 Å². The van der Waals surface area contributed by atoms with Crippen molar-refractivity contribution in [1.82, 2.24) is 10.3 Å². The first-order valence-electron chi connectivity index (χ1n) is 5.87. The molecule has 1 fully saturated rings. The molecule has 1 atom stereocenters. The summed E-state index contributed by atoms with van der Waals surface area (Å²) in [4.78, 5) is 9.91. The summed E-state index contributed by atoms with van der Waals surface area (Å²) in [6.07, 6.45) is 3.11. The van der Waals surface area contributed by atoms with Gasteiger partial charge in [-0.1, -0.05) is 32.5 Å². The zero-order valence-electron chi connectivity index (χ0n) is 10.6. The Morgan fingerprint density at radius 2 is 2.35 bits per heavy atom. The highest BCUT2D eigenvalue weighted by molar-refractivity contribution is 8.13. The second kappa shape index (κ2) is 5.40. The molecule has 1 aliphatic heterocycles. The zero-order valence-corrected chi connectivity index (χ0v) is 12.2. The molecule has 94 valence electrons. The maximum atomic E-state index is 4.63. The van der Waals surface area contributed by atoms with Crippen molar-refractivity contribution in [3.8, 4) is 0 Å². The molecular weight excluding hydrogens is 250 g/mol. The van der Waals surface area contributed by atoms with Crippen LogP contribution < -0.4 is 5.32 Å². The summed E-state index contributed by atoms with van der Waals surface area (Å²) in [5, 5.41) is 4.64. The van der Waals surface area contributed by atoms with Crippen LogP contribution in [0.2, 0.25) is 0 Å². The van der Waals surface area contributed by atoms with Crippen LogP contribution in [0.1, 0.15) is 32.1 Å². The number of hydrogen-bond donors (Lipinski definition) is 1. The smallest absolute Gasteiger partial charge is 0.157 e. The minimum absolute atomic E-state index is 0.298. The average molecular weight is 269 g/mol. The third-order valence-electron chi connectivity index (χ3n) is 2.85. The van der Waals surface area contributed by atoms with E-state index in [0.717, 1.165) is 17.5 Å². The molecule has 0 amide bonds.